The SMILES string of the molecule is NCC1(C(O)c2ccco2)CCC1. The zero-order chi connectivity index (χ0) is 9.31. The summed E-state index contributed by atoms with van der Waals surface area (Å²) >= 11 is 0. The normalized spacial score (nSPS) is 22.3. The Kier molecular flexibility index (Phi) is 2.14. The highest BCUT2D eigenvalue weighted by molar-refractivity contribution is 5.09. The topological polar surface area (TPSA) is 59.4 Å². The average molecular weight is 181 g/mol. The third kappa shape index (κ3) is 1.28. The molecule has 2 rings (SSSR count). The van der Waals surface area contributed by atoms with E-state index in [0.717, 1.165) is 19.3 Å². The van der Waals surface area contributed by atoms with Gasteiger partial charge in [-0.3, -0.25) is 0 Å². The molecule has 0 bridgehead atoms. The summed E-state index contributed by atoms with van der Waals surface area (Å²) < 4.78 is 5.17. The van der Waals surface area contributed by atoms with E-state index in [1.54, 1.807) is 18.4 Å². The number of hydrogen-bond donors (Lipinski definition) is 2. The Hall–Kier alpha value is -0.800. The second-order valence-electron chi connectivity index (χ2n) is 3.84. The summed E-state index contributed by atoms with van der Waals surface area (Å²) in [6.07, 6.45) is 4.23. The Morgan fingerprint density at radius 3 is 2.77 bits per heavy atom. The van der Waals surface area contributed by atoms with Gasteiger partial charge in [-0.15, -0.1) is 0 Å². The number of nitrogens with two attached hydrogens (primary N) is 1. The molecule has 3 N–H and O–H groups in total. The van der Waals surface area contributed by atoms with Crippen molar-refractivity contribution in [2.45, 2.75) is 25.4 Å². The van der Waals surface area contributed by atoms with Gasteiger partial charge in [0, 0.05) is 12.0 Å². The van der Waals surface area contributed by atoms with Crippen molar-refractivity contribution in [3.63, 3.8) is 0 Å². The van der Waals surface area contributed by atoms with Gasteiger partial charge in [-0.05, 0) is 25.0 Å². The molecule has 1 aliphatic carbocycles. The molecule has 0 aliphatic heterocycles. The molecule has 0 spiro atoms. The minimum atomic E-state index is -0.527. The van der Waals surface area contributed by atoms with Gasteiger partial charge in [0.25, 0.3) is 0 Å². The molecule has 1 aliphatic rings. The summed E-state index contributed by atoms with van der Waals surface area (Å²) in [5.74, 6) is 0.644. The van der Waals surface area contributed by atoms with Crippen LogP contribution in [0.5, 0.6) is 0 Å². The summed E-state index contributed by atoms with van der Waals surface area (Å²) in [4.78, 5) is 0. The standard InChI is InChI=1S/C10H15NO2/c11-7-10(4-2-5-10)9(12)8-3-1-6-13-8/h1,3,6,9,12H,2,4-5,7,11H2. The quantitative estimate of drug-likeness (QED) is 0.741. The maximum atomic E-state index is 10.0. The molecule has 13 heavy (non-hydrogen) atoms. The molecule has 3 heteroatoms. The summed E-state index contributed by atoms with van der Waals surface area (Å²) in [5, 5.41) is 10.0. The van der Waals surface area contributed by atoms with Crippen LogP contribution < -0.4 is 5.73 Å². The van der Waals surface area contributed by atoms with Crippen LogP contribution in [-0.2, 0) is 0 Å². The van der Waals surface area contributed by atoms with E-state index in [-0.39, 0.29) is 5.41 Å². The summed E-state index contributed by atoms with van der Waals surface area (Å²) in [7, 11) is 0. The zero-order valence-corrected chi connectivity index (χ0v) is 7.57. The molecular formula is C10H15NO2. The van der Waals surface area contributed by atoms with E-state index in [0.29, 0.717) is 12.3 Å². The van der Waals surface area contributed by atoms with E-state index in [4.69, 9.17) is 10.2 Å². The molecule has 3 nitrogen and oxygen atoms in total. The summed E-state index contributed by atoms with van der Waals surface area (Å²) in [5.41, 5.74) is 5.56. The van der Waals surface area contributed by atoms with E-state index in [1.807, 2.05) is 0 Å². The molecule has 0 aromatic carbocycles. The molecule has 1 aromatic rings. The molecule has 1 aromatic heterocycles. The summed E-state index contributed by atoms with van der Waals surface area (Å²) in [6, 6.07) is 3.60. The first-order valence-electron chi connectivity index (χ1n) is 4.70. The Morgan fingerprint density at radius 1 is 1.62 bits per heavy atom. The van der Waals surface area contributed by atoms with Gasteiger partial charge >= 0.3 is 0 Å². The van der Waals surface area contributed by atoms with Gasteiger partial charge in [0.15, 0.2) is 0 Å². The van der Waals surface area contributed by atoms with Gasteiger partial charge in [0.05, 0.1) is 6.26 Å². The van der Waals surface area contributed by atoms with Crippen molar-refractivity contribution in [3.8, 4) is 0 Å². The van der Waals surface area contributed by atoms with E-state index in [2.05, 4.69) is 0 Å². The third-order valence-electron chi connectivity index (χ3n) is 3.15. The number of rotatable bonds is 3. The molecule has 1 fully saturated rings. The zero-order valence-electron chi connectivity index (χ0n) is 7.57. The fourth-order valence-electron chi connectivity index (χ4n) is 1.97. The Balaban J connectivity index is 2.16. The lowest BCUT2D eigenvalue weighted by Crippen LogP contribution is -2.42. The minimum absolute atomic E-state index is 0.113. The molecule has 1 atom stereocenters. The lowest BCUT2D eigenvalue weighted by molar-refractivity contribution is -0.0417. The second kappa shape index (κ2) is 3.16. The predicted molar refractivity (Wildman–Crippen MR) is 49.0 cm³/mol. The van der Waals surface area contributed by atoms with Crippen LogP contribution in [0, 0.1) is 5.41 Å². The summed E-state index contributed by atoms with van der Waals surface area (Å²) in [6.45, 7) is 0.537. The van der Waals surface area contributed by atoms with Gasteiger partial charge in [-0.25, -0.2) is 0 Å². The molecule has 1 unspecified atom stereocenters. The van der Waals surface area contributed by atoms with Crippen LogP contribution in [0.2, 0.25) is 0 Å². The lowest BCUT2D eigenvalue weighted by atomic mass is 9.64. The third-order valence-corrected chi connectivity index (χ3v) is 3.15. The highest BCUT2D eigenvalue weighted by Crippen LogP contribution is 2.49. The van der Waals surface area contributed by atoms with Gasteiger partial charge in [-0.2, -0.15) is 0 Å². The first kappa shape index (κ1) is 8.78. The van der Waals surface area contributed by atoms with Crippen LogP contribution >= 0.6 is 0 Å². The van der Waals surface area contributed by atoms with Gasteiger partial charge < -0.3 is 15.3 Å². The van der Waals surface area contributed by atoms with Crippen molar-refractivity contribution in [2.75, 3.05) is 6.54 Å². The fraction of sp³-hybridized carbons (Fsp3) is 0.600. The van der Waals surface area contributed by atoms with Crippen molar-refractivity contribution in [3.05, 3.63) is 24.2 Å². The van der Waals surface area contributed by atoms with E-state index in [9.17, 15) is 5.11 Å². The molecule has 1 heterocycles. The monoisotopic (exact) mass is 181 g/mol. The molecular weight excluding hydrogens is 166 g/mol. The number of aliphatic hydroxyl groups excluding tert-OH is 1. The molecule has 72 valence electrons. The highest BCUT2D eigenvalue weighted by Gasteiger charge is 2.44. The smallest absolute Gasteiger partial charge is 0.132 e. The van der Waals surface area contributed by atoms with E-state index in [1.165, 1.54) is 0 Å². The van der Waals surface area contributed by atoms with Crippen molar-refractivity contribution in [2.24, 2.45) is 11.1 Å². The van der Waals surface area contributed by atoms with Crippen LogP contribution in [0.15, 0.2) is 22.8 Å². The molecule has 1 saturated carbocycles. The van der Waals surface area contributed by atoms with E-state index < -0.39 is 6.10 Å². The van der Waals surface area contributed by atoms with E-state index >= 15 is 0 Å². The number of furan rings is 1. The second-order valence-corrected chi connectivity index (χ2v) is 3.84. The Bertz CT molecular complexity index is 259. The predicted octanol–water partition coefficient (Wildman–Crippen LogP) is 1.44. The first-order valence-corrected chi connectivity index (χ1v) is 4.70. The maximum absolute atomic E-state index is 10.0. The van der Waals surface area contributed by atoms with Crippen LogP contribution in [0.4, 0.5) is 0 Å². The van der Waals surface area contributed by atoms with Crippen LogP contribution in [-0.4, -0.2) is 11.7 Å². The number of hydrogen-bond acceptors (Lipinski definition) is 3. The van der Waals surface area contributed by atoms with Crippen molar-refractivity contribution in [1.82, 2.24) is 0 Å². The fourth-order valence-corrected chi connectivity index (χ4v) is 1.97. The highest BCUT2D eigenvalue weighted by atomic mass is 16.4. The van der Waals surface area contributed by atoms with Gasteiger partial charge in [-0.1, -0.05) is 6.42 Å². The molecule has 0 saturated heterocycles. The van der Waals surface area contributed by atoms with Crippen molar-refractivity contribution >= 4 is 0 Å². The van der Waals surface area contributed by atoms with Crippen molar-refractivity contribution < 1.29 is 9.52 Å². The van der Waals surface area contributed by atoms with Crippen LogP contribution in [0.25, 0.3) is 0 Å². The largest absolute Gasteiger partial charge is 0.467 e. The minimum Gasteiger partial charge on any atom is -0.467 e. The first-order chi connectivity index (χ1) is 6.28. The number of aliphatic hydroxyl groups is 1. The Morgan fingerprint density at radius 2 is 2.38 bits per heavy atom. The van der Waals surface area contributed by atoms with Gasteiger partial charge in [0.2, 0.25) is 0 Å². The lowest BCUT2D eigenvalue weighted by Gasteiger charge is -2.43. The molecule has 0 radical (unpaired) electrons. The average Bonchev–Trinajstić information content (AvgIpc) is 2.54. The van der Waals surface area contributed by atoms with Crippen molar-refractivity contribution in [1.29, 1.82) is 0 Å². The Labute approximate surface area is 77.5 Å². The van der Waals surface area contributed by atoms with Gasteiger partial charge in [0.1, 0.15) is 11.9 Å². The maximum Gasteiger partial charge on any atom is 0.132 e. The molecule has 0 amide bonds. The van der Waals surface area contributed by atoms with Crippen LogP contribution in [0.3, 0.4) is 0 Å². The van der Waals surface area contributed by atoms with Crippen LogP contribution in [0.1, 0.15) is 31.1 Å².